The molecule has 0 saturated heterocycles. The van der Waals surface area contributed by atoms with E-state index in [2.05, 4.69) is 20.8 Å². The molecular weight excluding hydrogens is 212 g/mol. The summed E-state index contributed by atoms with van der Waals surface area (Å²) in [7, 11) is 0. The number of rotatable bonds is 1. The van der Waals surface area contributed by atoms with Gasteiger partial charge in [0.1, 0.15) is 6.10 Å². The second kappa shape index (κ2) is 4.29. The maximum absolute atomic E-state index is 11.1. The monoisotopic (exact) mass is 238 g/mol. The van der Waals surface area contributed by atoms with Crippen LogP contribution in [0, 0.1) is 16.7 Å². The van der Waals surface area contributed by atoms with Crippen LogP contribution in [0.3, 0.4) is 0 Å². The minimum absolute atomic E-state index is 0.118. The molecule has 0 N–H and O–H groups in total. The molecule has 2 aliphatic rings. The summed E-state index contributed by atoms with van der Waals surface area (Å²) in [6.45, 7) is 8.76. The second-order valence-electron chi connectivity index (χ2n) is 7.05. The molecular formula is C15H26O2. The molecule has 0 heterocycles. The molecule has 2 rings (SSSR count). The van der Waals surface area contributed by atoms with E-state index in [1.54, 1.807) is 0 Å². The number of hydrogen-bond donors (Lipinski definition) is 0. The normalized spacial score (nSPS) is 40.5. The fraction of sp³-hybridized carbons (Fsp3) is 0.933. The summed E-state index contributed by atoms with van der Waals surface area (Å²) < 4.78 is 5.44. The summed E-state index contributed by atoms with van der Waals surface area (Å²) in [6.07, 6.45) is 7.56. The van der Waals surface area contributed by atoms with E-state index in [1.165, 1.54) is 32.6 Å². The van der Waals surface area contributed by atoms with Crippen LogP contribution in [0.1, 0.15) is 66.2 Å². The number of hydrogen-bond acceptors (Lipinski definition) is 2. The van der Waals surface area contributed by atoms with E-state index in [9.17, 15) is 4.79 Å². The molecule has 17 heavy (non-hydrogen) atoms. The van der Waals surface area contributed by atoms with E-state index in [0.29, 0.717) is 16.7 Å². The van der Waals surface area contributed by atoms with Gasteiger partial charge in [-0.15, -0.1) is 0 Å². The first-order valence-corrected chi connectivity index (χ1v) is 7.01. The summed E-state index contributed by atoms with van der Waals surface area (Å²) in [5, 5.41) is 0. The van der Waals surface area contributed by atoms with E-state index in [-0.39, 0.29) is 12.1 Å². The number of carbonyl (C=O) groups excluding carboxylic acids is 1. The van der Waals surface area contributed by atoms with Gasteiger partial charge in [-0.2, -0.15) is 0 Å². The molecule has 0 aliphatic heterocycles. The van der Waals surface area contributed by atoms with Crippen molar-refractivity contribution < 1.29 is 9.53 Å². The van der Waals surface area contributed by atoms with Crippen molar-refractivity contribution in [3.63, 3.8) is 0 Å². The van der Waals surface area contributed by atoms with Crippen molar-refractivity contribution in [1.82, 2.24) is 0 Å². The van der Waals surface area contributed by atoms with Crippen molar-refractivity contribution >= 4 is 5.97 Å². The number of esters is 1. The molecule has 0 amide bonds. The summed E-state index contributed by atoms with van der Waals surface area (Å²) >= 11 is 0. The first-order valence-electron chi connectivity index (χ1n) is 7.01. The lowest BCUT2D eigenvalue weighted by Crippen LogP contribution is -2.47. The van der Waals surface area contributed by atoms with Gasteiger partial charge in [0.2, 0.25) is 0 Å². The van der Waals surface area contributed by atoms with Crippen LogP contribution in [0.25, 0.3) is 0 Å². The van der Waals surface area contributed by atoms with E-state index in [4.69, 9.17) is 4.74 Å². The molecule has 2 saturated carbocycles. The highest BCUT2D eigenvalue weighted by Gasteiger charge is 2.49. The fourth-order valence-electron chi connectivity index (χ4n) is 4.36. The zero-order valence-corrected chi connectivity index (χ0v) is 11.7. The van der Waals surface area contributed by atoms with Crippen molar-refractivity contribution in [3.05, 3.63) is 0 Å². The Hall–Kier alpha value is -0.530. The van der Waals surface area contributed by atoms with Gasteiger partial charge in [0.05, 0.1) is 0 Å². The molecule has 2 aliphatic carbocycles. The topological polar surface area (TPSA) is 26.3 Å². The summed E-state index contributed by atoms with van der Waals surface area (Å²) in [5.41, 5.74) is 0.893. The van der Waals surface area contributed by atoms with Gasteiger partial charge >= 0.3 is 5.97 Å². The minimum atomic E-state index is -0.118. The third-order valence-corrected chi connectivity index (χ3v) is 5.22. The lowest BCUT2D eigenvalue weighted by Gasteiger charge is -2.55. The molecule has 2 nitrogen and oxygen atoms in total. The fourth-order valence-corrected chi connectivity index (χ4v) is 4.36. The van der Waals surface area contributed by atoms with Crippen LogP contribution in [0.15, 0.2) is 0 Å². The third-order valence-electron chi connectivity index (χ3n) is 5.22. The maximum Gasteiger partial charge on any atom is 0.302 e. The standard InChI is InChI=1S/C15H26O2/c1-11(16)17-12-6-9-15(4)8-5-7-14(2,3)13(15)10-12/h12-13H,5-10H2,1-4H3. The molecule has 0 aromatic rings. The van der Waals surface area contributed by atoms with E-state index in [1.807, 2.05) is 0 Å². The first-order chi connectivity index (χ1) is 7.83. The maximum atomic E-state index is 11.1. The second-order valence-corrected chi connectivity index (χ2v) is 7.05. The van der Waals surface area contributed by atoms with E-state index in [0.717, 1.165) is 12.8 Å². The Balaban J connectivity index is 2.11. The van der Waals surface area contributed by atoms with Crippen molar-refractivity contribution in [1.29, 1.82) is 0 Å². The Kier molecular flexibility index (Phi) is 3.26. The van der Waals surface area contributed by atoms with Crippen LogP contribution >= 0.6 is 0 Å². The third kappa shape index (κ3) is 2.51. The minimum Gasteiger partial charge on any atom is -0.463 e. The zero-order chi connectivity index (χ0) is 12.7. The largest absolute Gasteiger partial charge is 0.463 e. The van der Waals surface area contributed by atoms with E-state index < -0.39 is 0 Å². The average molecular weight is 238 g/mol. The van der Waals surface area contributed by atoms with Gasteiger partial charge in [0, 0.05) is 6.92 Å². The summed E-state index contributed by atoms with van der Waals surface area (Å²) in [6, 6.07) is 0. The highest BCUT2D eigenvalue weighted by Crippen LogP contribution is 2.57. The quantitative estimate of drug-likeness (QED) is 0.647. The Bertz CT molecular complexity index is 308. The van der Waals surface area contributed by atoms with Crippen LogP contribution < -0.4 is 0 Å². The Morgan fingerprint density at radius 3 is 2.53 bits per heavy atom. The highest BCUT2D eigenvalue weighted by atomic mass is 16.5. The molecule has 0 aromatic heterocycles. The molecule has 2 heteroatoms. The van der Waals surface area contributed by atoms with Gasteiger partial charge in [-0.25, -0.2) is 0 Å². The van der Waals surface area contributed by atoms with Crippen LogP contribution in [0.2, 0.25) is 0 Å². The lowest BCUT2D eigenvalue weighted by molar-refractivity contribution is -0.155. The predicted molar refractivity (Wildman–Crippen MR) is 68.6 cm³/mol. The van der Waals surface area contributed by atoms with Crippen LogP contribution in [0.4, 0.5) is 0 Å². The molecule has 98 valence electrons. The molecule has 0 radical (unpaired) electrons. The highest BCUT2D eigenvalue weighted by molar-refractivity contribution is 5.66. The molecule has 2 fully saturated rings. The Morgan fingerprint density at radius 1 is 1.18 bits per heavy atom. The lowest BCUT2D eigenvalue weighted by atomic mass is 9.51. The number of ether oxygens (including phenoxy) is 1. The van der Waals surface area contributed by atoms with Gasteiger partial charge in [-0.1, -0.05) is 27.2 Å². The summed E-state index contributed by atoms with van der Waals surface area (Å²) in [4.78, 5) is 11.1. The first kappa shape index (κ1) is 12.9. The SMILES string of the molecule is CC(=O)OC1CCC2(C)CCCC(C)(C)C2C1. The predicted octanol–water partition coefficient (Wildman–Crippen LogP) is 3.93. The van der Waals surface area contributed by atoms with Crippen molar-refractivity contribution in [2.75, 3.05) is 0 Å². The van der Waals surface area contributed by atoms with Gasteiger partial charge in [0.25, 0.3) is 0 Å². The molecule has 0 aromatic carbocycles. The Morgan fingerprint density at radius 2 is 1.88 bits per heavy atom. The molecule has 3 unspecified atom stereocenters. The average Bonchev–Trinajstić information content (AvgIpc) is 2.18. The zero-order valence-electron chi connectivity index (χ0n) is 11.7. The molecule has 0 bridgehead atoms. The van der Waals surface area contributed by atoms with Crippen LogP contribution in [-0.2, 0) is 9.53 Å². The van der Waals surface area contributed by atoms with E-state index >= 15 is 0 Å². The van der Waals surface area contributed by atoms with Gasteiger partial charge in [-0.3, -0.25) is 4.79 Å². The van der Waals surface area contributed by atoms with Gasteiger partial charge in [-0.05, 0) is 48.9 Å². The van der Waals surface area contributed by atoms with Crippen LogP contribution in [-0.4, -0.2) is 12.1 Å². The summed E-state index contributed by atoms with van der Waals surface area (Å²) in [5.74, 6) is 0.592. The smallest absolute Gasteiger partial charge is 0.302 e. The number of fused-ring (bicyclic) bond motifs is 1. The van der Waals surface area contributed by atoms with Crippen LogP contribution in [0.5, 0.6) is 0 Å². The number of carbonyl (C=O) groups is 1. The molecule has 0 spiro atoms. The van der Waals surface area contributed by atoms with Crippen molar-refractivity contribution in [3.8, 4) is 0 Å². The molecule has 3 atom stereocenters. The van der Waals surface area contributed by atoms with Crippen molar-refractivity contribution in [2.24, 2.45) is 16.7 Å². The van der Waals surface area contributed by atoms with Crippen molar-refractivity contribution in [2.45, 2.75) is 72.3 Å². The van der Waals surface area contributed by atoms with Gasteiger partial charge in [0.15, 0.2) is 0 Å². The van der Waals surface area contributed by atoms with Gasteiger partial charge < -0.3 is 4.74 Å². The Labute approximate surface area is 105 Å².